The summed E-state index contributed by atoms with van der Waals surface area (Å²) in [7, 11) is 0. The van der Waals surface area contributed by atoms with E-state index < -0.39 is 5.60 Å². The first-order chi connectivity index (χ1) is 25.2. The Labute approximate surface area is 313 Å². The molecule has 290 valence electrons. The second-order valence-corrected chi connectivity index (χ2v) is 16.4. The zero-order valence-corrected chi connectivity index (χ0v) is 32.5. The van der Waals surface area contributed by atoms with E-state index in [9.17, 15) is 18.8 Å². The van der Waals surface area contributed by atoms with Gasteiger partial charge in [0.1, 0.15) is 29.4 Å². The number of aromatic nitrogens is 1. The van der Waals surface area contributed by atoms with Crippen LogP contribution in [0.4, 0.5) is 14.9 Å². The number of carbonyl (C=O) groups excluding carboxylic acids is 3. The molecule has 5 atom stereocenters. The lowest BCUT2D eigenvalue weighted by molar-refractivity contribution is -0.123. The Morgan fingerprint density at radius 2 is 1.58 bits per heavy atom. The van der Waals surface area contributed by atoms with Crippen molar-refractivity contribution in [1.82, 2.24) is 24.6 Å². The van der Waals surface area contributed by atoms with Crippen molar-refractivity contribution in [3.8, 4) is 5.88 Å². The number of carbonyl (C=O) groups is 3. The standard InChI is InChI=1S/C40H57FN6O6/c1-26-19-44(33(20-45-27(2)23-51-24-28(45)3)21-46(26)39(50)53-40(5,6)7)22-35(48)47-29(4)25-52-37-34(47)18-31(17-30-11-13-32(41)14-12-30)36(42-37)38(49)43-15-9-8-10-16-43/h11-14,18,26-29,33H,8-10,15-17,19-25H2,1-7H3/t26-,27-,28-,29+,33+/m1/s1. The number of benzene rings is 1. The monoisotopic (exact) mass is 736 g/mol. The second-order valence-electron chi connectivity index (χ2n) is 16.4. The Morgan fingerprint density at radius 1 is 0.906 bits per heavy atom. The third-order valence-electron chi connectivity index (χ3n) is 10.8. The molecule has 0 aliphatic carbocycles. The molecule has 6 rings (SSSR count). The van der Waals surface area contributed by atoms with Crippen molar-refractivity contribution in [2.75, 3.05) is 64.0 Å². The number of piperazine rings is 1. The van der Waals surface area contributed by atoms with Crippen LogP contribution in [0.15, 0.2) is 30.3 Å². The van der Waals surface area contributed by atoms with Gasteiger partial charge in [-0.1, -0.05) is 12.1 Å². The number of fused-ring (bicyclic) bond motifs is 1. The van der Waals surface area contributed by atoms with Gasteiger partial charge >= 0.3 is 6.09 Å². The first kappa shape index (κ1) is 38.9. The highest BCUT2D eigenvalue weighted by molar-refractivity contribution is 5.99. The van der Waals surface area contributed by atoms with Gasteiger partial charge < -0.3 is 28.9 Å². The summed E-state index contributed by atoms with van der Waals surface area (Å²) in [6.07, 6.45) is 2.95. The van der Waals surface area contributed by atoms with E-state index in [1.165, 1.54) is 12.1 Å². The summed E-state index contributed by atoms with van der Waals surface area (Å²) >= 11 is 0. The van der Waals surface area contributed by atoms with Crippen LogP contribution in [0.25, 0.3) is 0 Å². The summed E-state index contributed by atoms with van der Waals surface area (Å²) in [5, 5.41) is 0. The molecule has 4 aliphatic rings. The minimum Gasteiger partial charge on any atom is -0.474 e. The molecule has 1 aromatic carbocycles. The third-order valence-corrected chi connectivity index (χ3v) is 10.8. The van der Waals surface area contributed by atoms with Gasteiger partial charge in [-0.25, -0.2) is 14.2 Å². The third kappa shape index (κ3) is 9.12. The zero-order chi connectivity index (χ0) is 38.0. The molecule has 0 spiro atoms. The molecule has 4 aliphatic heterocycles. The predicted octanol–water partition coefficient (Wildman–Crippen LogP) is 4.97. The smallest absolute Gasteiger partial charge is 0.410 e. The molecule has 0 unspecified atom stereocenters. The van der Waals surface area contributed by atoms with Crippen LogP contribution < -0.4 is 9.64 Å². The molecular formula is C40H57FN6O6. The van der Waals surface area contributed by atoms with Gasteiger partial charge in [0.2, 0.25) is 11.8 Å². The normalized spacial score (nSPS) is 25.8. The Morgan fingerprint density at radius 3 is 2.25 bits per heavy atom. The van der Waals surface area contributed by atoms with Crippen LogP contribution in [-0.4, -0.2) is 137 Å². The van der Waals surface area contributed by atoms with Gasteiger partial charge in [-0.05, 0) is 103 Å². The van der Waals surface area contributed by atoms with Crippen LogP contribution in [0, 0.1) is 5.82 Å². The molecule has 13 heteroatoms. The van der Waals surface area contributed by atoms with Crippen molar-refractivity contribution in [2.45, 2.75) is 110 Å². The van der Waals surface area contributed by atoms with Gasteiger partial charge in [-0.15, -0.1) is 0 Å². The van der Waals surface area contributed by atoms with E-state index in [1.807, 2.05) is 45.6 Å². The van der Waals surface area contributed by atoms with Crippen LogP contribution in [-0.2, 0) is 20.7 Å². The van der Waals surface area contributed by atoms with Gasteiger partial charge in [0.15, 0.2) is 0 Å². The molecule has 0 N–H and O–H groups in total. The van der Waals surface area contributed by atoms with Crippen LogP contribution in [0.5, 0.6) is 5.88 Å². The van der Waals surface area contributed by atoms with E-state index in [0.717, 1.165) is 24.8 Å². The minimum atomic E-state index is -0.631. The number of piperidine rings is 1. The van der Waals surface area contributed by atoms with E-state index in [4.69, 9.17) is 19.2 Å². The average Bonchev–Trinajstić information content (AvgIpc) is 3.10. The lowest BCUT2D eigenvalue weighted by atomic mass is 10.00. The van der Waals surface area contributed by atoms with E-state index in [-0.39, 0.29) is 73.0 Å². The summed E-state index contributed by atoms with van der Waals surface area (Å²) in [6, 6.07) is 7.85. The van der Waals surface area contributed by atoms with Crippen LogP contribution >= 0.6 is 0 Å². The topological polar surface area (TPSA) is 108 Å². The van der Waals surface area contributed by atoms with Crippen molar-refractivity contribution in [3.63, 3.8) is 0 Å². The zero-order valence-electron chi connectivity index (χ0n) is 32.5. The average molecular weight is 737 g/mol. The molecular weight excluding hydrogens is 679 g/mol. The Balaban J connectivity index is 1.30. The number of pyridine rings is 1. The van der Waals surface area contributed by atoms with E-state index in [1.54, 1.807) is 21.9 Å². The second kappa shape index (κ2) is 16.3. The molecule has 0 bridgehead atoms. The number of anilines is 1. The van der Waals surface area contributed by atoms with Crippen LogP contribution in [0.2, 0.25) is 0 Å². The van der Waals surface area contributed by atoms with E-state index >= 15 is 0 Å². The summed E-state index contributed by atoms with van der Waals surface area (Å²) in [6.45, 7) is 18.3. The summed E-state index contributed by atoms with van der Waals surface area (Å²) in [5.41, 5.74) is 1.68. The van der Waals surface area contributed by atoms with E-state index in [0.29, 0.717) is 69.3 Å². The predicted molar refractivity (Wildman–Crippen MR) is 200 cm³/mol. The molecule has 0 saturated carbocycles. The van der Waals surface area contributed by atoms with Crippen molar-refractivity contribution < 1.29 is 33.0 Å². The molecule has 53 heavy (non-hydrogen) atoms. The summed E-state index contributed by atoms with van der Waals surface area (Å²) in [5.74, 6) is -0.345. The molecule has 3 saturated heterocycles. The highest BCUT2D eigenvalue weighted by Crippen LogP contribution is 2.36. The van der Waals surface area contributed by atoms with Crippen LogP contribution in [0.1, 0.15) is 89.3 Å². The molecule has 3 fully saturated rings. The number of rotatable bonds is 7. The summed E-state index contributed by atoms with van der Waals surface area (Å²) in [4.78, 5) is 56.8. The van der Waals surface area contributed by atoms with E-state index in [2.05, 4.69) is 23.6 Å². The quantitative estimate of drug-likeness (QED) is 0.390. The maximum Gasteiger partial charge on any atom is 0.410 e. The van der Waals surface area contributed by atoms with Crippen molar-refractivity contribution in [1.29, 1.82) is 0 Å². The molecule has 3 amide bonds. The Hall–Kier alpha value is -3.81. The van der Waals surface area contributed by atoms with Gasteiger partial charge in [0.25, 0.3) is 5.91 Å². The lowest BCUT2D eigenvalue weighted by Gasteiger charge is -2.49. The molecule has 2 aromatic rings. The fraction of sp³-hybridized carbons (Fsp3) is 0.650. The van der Waals surface area contributed by atoms with Gasteiger partial charge in [0, 0.05) is 56.9 Å². The maximum absolute atomic E-state index is 14.6. The number of amides is 3. The lowest BCUT2D eigenvalue weighted by Crippen LogP contribution is -2.65. The summed E-state index contributed by atoms with van der Waals surface area (Å²) < 4.78 is 31.6. The molecule has 1 aromatic heterocycles. The molecule has 5 heterocycles. The Kier molecular flexibility index (Phi) is 11.9. The number of hydrogen-bond acceptors (Lipinski definition) is 9. The van der Waals surface area contributed by atoms with Crippen LogP contribution in [0.3, 0.4) is 0 Å². The van der Waals surface area contributed by atoms with Crippen molar-refractivity contribution in [3.05, 3.63) is 53.0 Å². The van der Waals surface area contributed by atoms with Crippen molar-refractivity contribution >= 4 is 23.6 Å². The number of halogens is 1. The number of hydrogen-bond donors (Lipinski definition) is 0. The number of nitrogens with zero attached hydrogens (tertiary/aromatic N) is 6. The highest BCUT2D eigenvalue weighted by Gasteiger charge is 2.41. The minimum absolute atomic E-state index is 0.113. The first-order valence-electron chi connectivity index (χ1n) is 19.3. The number of likely N-dealkylation sites (tertiary alicyclic amines) is 1. The van der Waals surface area contributed by atoms with Gasteiger partial charge in [-0.2, -0.15) is 0 Å². The largest absolute Gasteiger partial charge is 0.474 e. The first-order valence-corrected chi connectivity index (χ1v) is 19.3. The SMILES string of the molecule is C[C@@H]1CN(CC(=O)N2c3cc(Cc4ccc(F)cc4)c(C(=O)N4CCCCC4)nc3OC[C@@H]2C)[C@@H](CN2[C@H](C)COC[C@H]2C)CN1C(=O)OC(C)(C)C. The Bertz CT molecular complexity index is 1620. The fourth-order valence-corrected chi connectivity index (χ4v) is 8.02. The molecule has 12 nitrogen and oxygen atoms in total. The van der Waals surface area contributed by atoms with Crippen molar-refractivity contribution in [2.24, 2.45) is 0 Å². The van der Waals surface area contributed by atoms with Gasteiger partial charge in [0.05, 0.1) is 25.8 Å². The maximum atomic E-state index is 14.6. The van der Waals surface area contributed by atoms with Gasteiger partial charge in [-0.3, -0.25) is 19.4 Å². The number of ether oxygens (including phenoxy) is 3. The highest BCUT2D eigenvalue weighted by atomic mass is 19.1. The molecule has 0 radical (unpaired) electrons. The number of morpholine rings is 1. The fourth-order valence-electron chi connectivity index (χ4n) is 8.02.